The number of carbonyl (C=O) groups is 1. The Bertz CT molecular complexity index is 1400. The van der Waals surface area contributed by atoms with E-state index in [0.29, 0.717) is 40.3 Å². The van der Waals surface area contributed by atoms with E-state index in [1.54, 1.807) is 36.4 Å². The maximum Gasteiger partial charge on any atom is 0.260 e. The van der Waals surface area contributed by atoms with Crippen molar-refractivity contribution < 1.29 is 27.4 Å². The number of carbonyl (C=O) groups excluding carboxylic acids is 1. The van der Waals surface area contributed by atoms with Gasteiger partial charge in [0.1, 0.15) is 18.9 Å². The van der Waals surface area contributed by atoms with Crippen LogP contribution in [0.15, 0.2) is 65.8 Å². The van der Waals surface area contributed by atoms with Crippen LogP contribution in [0.4, 0.5) is 5.69 Å². The highest BCUT2D eigenvalue weighted by Crippen LogP contribution is 2.32. The first kappa shape index (κ1) is 29.1. The van der Waals surface area contributed by atoms with E-state index in [1.165, 1.54) is 25.5 Å². The first-order valence-electron chi connectivity index (χ1n) is 11.4. The summed E-state index contributed by atoms with van der Waals surface area (Å²) in [6.45, 7) is 2.07. The molecule has 9 nitrogen and oxygen atoms in total. The lowest BCUT2D eigenvalue weighted by molar-refractivity contribution is -0.119. The zero-order valence-electron chi connectivity index (χ0n) is 21.0. The molecule has 202 valence electrons. The number of hydrogen-bond acceptors (Lipinski definition) is 7. The van der Waals surface area contributed by atoms with Crippen LogP contribution < -0.4 is 23.9 Å². The number of ether oxygens (including phenoxy) is 3. The molecule has 1 amide bonds. The molecule has 0 radical (unpaired) electrons. The molecule has 0 aliphatic carbocycles. The van der Waals surface area contributed by atoms with Gasteiger partial charge in [0.05, 0.1) is 31.9 Å². The average molecular weight is 580 g/mol. The fourth-order valence-electron chi connectivity index (χ4n) is 3.32. The van der Waals surface area contributed by atoms with Gasteiger partial charge in [-0.3, -0.25) is 9.10 Å². The van der Waals surface area contributed by atoms with Crippen molar-refractivity contribution >= 4 is 51.0 Å². The van der Waals surface area contributed by atoms with Crippen LogP contribution in [0, 0.1) is 0 Å². The summed E-state index contributed by atoms with van der Waals surface area (Å²) in [5.74, 6) is 0.634. The second kappa shape index (κ2) is 13.4. The third-order valence-electron chi connectivity index (χ3n) is 5.08. The second-order valence-corrected chi connectivity index (χ2v) is 10.7. The molecule has 3 rings (SSSR count). The quantitative estimate of drug-likeness (QED) is 0.242. The Balaban J connectivity index is 1.68. The SMILES string of the molecule is CCOc1cc(/C=N\NC(=O)CN(c2cc(Cl)ccc2OC)S(C)(=O)=O)ccc1OCc1ccc(Cl)cc1. The first-order chi connectivity index (χ1) is 18.1. The molecule has 0 saturated heterocycles. The lowest BCUT2D eigenvalue weighted by Gasteiger charge is -2.23. The lowest BCUT2D eigenvalue weighted by Crippen LogP contribution is -2.39. The second-order valence-electron chi connectivity index (χ2n) is 7.93. The number of nitrogens with one attached hydrogen (secondary N) is 1. The third kappa shape index (κ3) is 8.27. The highest BCUT2D eigenvalue weighted by Gasteiger charge is 2.24. The number of rotatable bonds is 12. The molecule has 0 aromatic heterocycles. The van der Waals surface area contributed by atoms with Crippen molar-refractivity contribution in [3.05, 3.63) is 81.8 Å². The topological polar surface area (TPSA) is 107 Å². The minimum absolute atomic E-state index is 0.136. The van der Waals surface area contributed by atoms with Gasteiger partial charge in [0, 0.05) is 10.0 Å². The van der Waals surface area contributed by atoms with Gasteiger partial charge in [-0.05, 0) is 66.6 Å². The number of halogens is 2. The maximum absolute atomic E-state index is 12.6. The van der Waals surface area contributed by atoms with Crippen LogP contribution in [0.3, 0.4) is 0 Å². The van der Waals surface area contributed by atoms with Crippen molar-refractivity contribution in [3.63, 3.8) is 0 Å². The van der Waals surface area contributed by atoms with Gasteiger partial charge in [-0.2, -0.15) is 5.10 Å². The maximum atomic E-state index is 12.6. The van der Waals surface area contributed by atoms with E-state index >= 15 is 0 Å². The first-order valence-corrected chi connectivity index (χ1v) is 14.0. The molecule has 0 fully saturated rings. The van der Waals surface area contributed by atoms with Gasteiger partial charge in [-0.15, -0.1) is 0 Å². The van der Waals surface area contributed by atoms with Crippen LogP contribution in [0.1, 0.15) is 18.1 Å². The van der Waals surface area contributed by atoms with Crippen molar-refractivity contribution in [3.8, 4) is 17.2 Å². The molecule has 0 heterocycles. The summed E-state index contributed by atoms with van der Waals surface area (Å²) in [5, 5.41) is 4.89. The largest absolute Gasteiger partial charge is 0.495 e. The molecule has 0 atom stereocenters. The minimum Gasteiger partial charge on any atom is -0.495 e. The lowest BCUT2D eigenvalue weighted by atomic mass is 10.2. The minimum atomic E-state index is -3.84. The van der Waals surface area contributed by atoms with Crippen LogP contribution in [0.2, 0.25) is 10.0 Å². The fraction of sp³-hybridized carbons (Fsp3) is 0.231. The molecule has 0 bridgehead atoms. The van der Waals surface area contributed by atoms with Gasteiger partial charge in [0.25, 0.3) is 5.91 Å². The zero-order chi connectivity index (χ0) is 27.7. The Morgan fingerprint density at radius 3 is 2.32 bits per heavy atom. The Labute approximate surface area is 232 Å². The Hall–Kier alpha value is -3.47. The number of methoxy groups -OCH3 is 1. The summed E-state index contributed by atoms with van der Waals surface area (Å²) < 4.78 is 42.5. The van der Waals surface area contributed by atoms with Crippen LogP contribution in [0.25, 0.3) is 0 Å². The van der Waals surface area contributed by atoms with Crippen LogP contribution in [-0.4, -0.2) is 47.1 Å². The summed E-state index contributed by atoms with van der Waals surface area (Å²) in [6, 6.07) is 17.0. The van der Waals surface area contributed by atoms with Gasteiger partial charge in [-0.25, -0.2) is 13.8 Å². The summed E-state index contributed by atoms with van der Waals surface area (Å²) >= 11 is 12.0. The van der Waals surface area contributed by atoms with Gasteiger partial charge in [0.15, 0.2) is 11.5 Å². The van der Waals surface area contributed by atoms with Gasteiger partial charge in [0.2, 0.25) is 10.0 Å². The Morgan fingerprint density at radius 2 is 1.66 bits per heavy atom. The molecule has 0 aliphatic heterocycles. The smallest absolute Gasteiger partial charge is 0.260 e. The molecule has 0 aliphatic rings. The number of hydrogen-bond donors (Lipinski definition) is 1. The summed E-state index contributed by atoms with van der Waals surface area (Å²) in [4.78, 5) is 12.6. The molecule has 0 unspecified atom stereocenters. The number of hydrazone groups is 1. The normalized spacial score (nSPS) is 11.3. The molecular weight excluding hydrogens is 553 g/mol. The van der Waals surface area contributed by atoms with Crippen LogP contribution >= 0.6 is 23.2 Å². The molecule has 38 heavy (non-hydrogen) atoms. The fourth-order valence-corrected chi connectivity index (χ4v) is 4.46. The zero-order valence-corrected chi connectivity index (χ0v) is 23.3. The molecule has 12 heteroatoms. The van der Waals surface area contributed by atoms with Gasteiger partial charge in [-0.1, -0.05) is 35.3 Å². The molecule has 3 aromatic carbocycles. The van der Waals surface area contributed by atoms with E-state index < -0.39 is 22.5 Å². The Morgan fingerprint density at radius 1 is 0.974 bits per heavy atom. The summed E-state index contributed by atoms with van der Waals surface area (Å²) in [5.41, 5.74) is 4.05. The van der Waals surface area contributed by atoms with Gasteiger partial charge < -0.3 is 14.2 Å². The summed E-state index contributed by atoms with van der Waals surface area (Å²) in [7, 11) is -2.45. The highest BCUT2D eigenvalue weighted by molar-refractivity contribution is 7.92. The predicted molar refractivity (Wildman–Crippen MR) is 149 cm³/mol. The van der Waals surface area contributed by atoms with Crippen molar-refractivity contribution in [2.24, 2.45) is 5.10 Å². The van der Waals surface area contributed by atoms with Crippen molar-refractivity contribution in [1.82, 2.24) is 5.43 Å². The average Bonchev–Trinajstić information content (AvgIpc) is 2.87. The van der Waals surface area contributed by atoms with E-state index in [9.17, 15) is 13.2 Å². The standard InChI is InChI=1S/C26H27Cl2N3O6S/c1-4-36-25-13-19(7-11-24(25)37-17-18-5-8-20(27)9-6-18)15-29-30-26(32)16-31(38(3,33)34)22-14-21(28)10-12-23(22)35-2/h5-15H,4,16-17H2,1-3H3,(H,30,32)/b29-15-. The van der Waals surface area contributed by atoms with E-state index in [4.69, 9.17) is 37.4 Å². The van der Waals surface area contributed by atoms with Crippen molar-refractivity contribution in [1.29, 1.82) is 0 Å². The number of nitrogens with zero attached hydrogens (tertiary/aromatic N) is 2. The van der Waals surface area contributed by atoms with E-state index in [2.05, 4.69) is 10.5 Å². The molecular formula is C26H27Cl2N3O6S. The van der Waals surface area contributed by atoms with Crippen LogP contribution in [0.5, 0.6) is 17.2 Å². The third-order valence-corrected chi connectivity index (χ3v) is 6.69. The van der Waals surface area contributed by atoms with Crippen molar-refractivity contribution in [2.45, 2.75) is 13.5 Å². The number of amides is 1. The van der Waals surface area contributed by atoms with E-state index in [0.717, 1.165) is 16.1 Å². The summed E-state index contributed by atoms with van der Waals surface area (Å²) in [6.07, 6.45) is 2.39. The van der Waals surface area contributed by atoms with Gasteiger partial charge >= 0.3 is 0 Å². The number of anilines is 1. The Kier molecular flexibility index (Phi) is 10.2. The van der Waals surface area contributed by atoms with E-state index in [-0.39, 0.29) is 11.4 Å². The molecule has 0 saturated carbocycles. The van der Waals surface area contributed by atoms with Crippen LogP contribution in [-0.2, 0) is 21.4 Å². The molecule has 3 aromatic rings. The number of benzene rings is 3. The predicted octanol–water partition coefficient (Wildman–Crippen LogP) is 4.90. The molecule has 1 N–H and O–H groups in total. The highest BCUT2D eigenvalue weighted by atomic mass is 35.5. The number of sulfonamides is 1. The van der Waals surface area contributed by atoms with Crippen molar-refractivity contribution in [2.75, 3.05) is 30.8 Å². The monoisotopic (exact) mass is 579 g/mol. The van der Waals surface area contributed by atoms with E-state index in [1.807, 2.05) is 19.1 Å². The molecule has 0 spiro atoms.